The van der Waals surface area contributed by atoms with Gasteiger partial charge in [0.25, 0.3) is 0 Å². The summed E-state index contributed by atoms with van der Waals surface area (Å²) in [7, 11) is 1.74. The monoisotopic (exact) mass is 242 g/mol. The molecule has 2 fully saturated rings. The Hall–Kier alpha value is -0.650. The van der Waals surface area contributed by atoms with E-state index in [4.69, 9.17) is 15.2 Å². The van der Waals surface area contributed by atoms with E-state index in [0.29, 0.717) is 6.42 Å². The van der Waals surface area contributed by atoms with Crippen molar-refractivity contribution in [3.05, 3.63) is 0 Å². The number of carbonyl (C=O) groups excluding carboxylic acids is 1. The van der Waals surface area contributed by atoms with E-state index in [9.17, 15) is 4.79 Å². The molecule has 98 valence electrons. The van der Waals surface area contributed by atoms with E-state index in [1.54, 1.807) is 7.11 Å². The summed E-state index contributed by atoms with van der Waals surface area (Å²) in [5, 5.41) is 0. The van der Waals surface area contributed by atoms with E-state index in [0.717, 1.165) is 45.5 Å². The van der Waals surface area contributed by atoms with Crippen LogP contribution >= 0.6 is 0 Å². The predicted molar refractivity (Wildman–Crippen MR) is 63.6 cm³/mol. The third-order valence-corrected chi connectivity index (χ3v) is 3.95. The molecule has 5 nitrogen and oxygen atoms in total. The minimum absolute atomic E-state index is 0.0715. The van der Waals surface area contributed by atoms with Crippen molar-refractivity contribution in [2.24, 2.45) is 5.73 Å². The van der Waals surface area contributed by atoms with E-state index in [-0.39, 0.29) is 17.6 Å². The Bertz CT molecular complexity index is 277. The summed E-state index contributed by atoms with van der Waals surface area (Å²) in [6.07, 6.45) is 3.75. The van der Waals surface area contributed by atoms with Gasteiger partial charge in [0, 0.05) is 39.8 Å². The Morgan fingerprint density at radius 2 is 2.41 bits per heavy atom. The Morgan fingerprint density at radius 3 is 3.00 bits per heavy atom. The molecule has 2 heterocycles. The summed E-state index contributed by atoms with van der Waals surface area (Å²) in [5.74, 6) is -0.239. The van der Waals surface area contributed by atoms with Crippen LogP contribution in [0.4, 0.5) is 0 Å². The Kier molecular flexibility index (Phi) is 4.01. The zero-order chi connectivity index (χ0) is 12.3. The molecule has 0 radical (unpaired) electrons. The van der Waals surface area contributed by atoms with Crippen LogP contribution in [0.5, 0.6) is 0 Å². The first-order valence-corrected chi connectivity index (χ1v) is 6.34. The van der Waals surface area contributed by atoms with Gasteiger partial charge in [0.05, 0.1) is 11.7 Å². The number of amides is 1. The molecule has 1 spiro atoms. The SMILES string of the molecule is CO[C@H]1CN(CCC(N)=O)CC[C@@]12CCCO2. The van der Waals surface area contributed by atoms with Crippen molar-refractivity contribution < 1.29 is 14.3 Å². The van der Waals surface area contributed by atoms with Crippen LogP contribution in [-0.2, 0) is 14.3 Å². The molecule has 5 heteroatoms. The average molecular weight is 242 g/mol. The van der Waals surface area contributed by atoms with Crippen molar-refractivity contribution in [2.75, 3.05) is 33.4 Å². The number of primary amides is 1. The van der Waals surface area contributed by atoms with Crippen LogP contribution in [0.1, 0.15) is 25.7 Å². The number of likely N-dealkylation sites (tertiary alicyclic amines) is 1. The number of hydrogen-bond acceptors (Lipinski definition) is 4. The number of nitrogens with zero attached hydrogens (tertiary/aromatic N) is 1. The lowest BCUT2D eigenvalue weighted by Gasteiger charge is -2.44. The molecule has 1 amide bonds. The molecular formula is C12H22N2O3. The standard InChI is InChI=1S/C12H22N2O3/c1-16-10-9-14(6-3-11(13)15)7-5-12(10)4-2-8-17-12/h10H,2-9H2,1H3,(H2,13,15)/t10-,12-/m0/s1. The van der Waals surface area contributed by atoms with Crippen LogP contribution in [0.3, 0.4) is 0 Å². The molecule has 2 aliphatic heterocycles. The second-order valence-corrected chi connectivity index (χ2v) is 5.01. The van der Waals surface area contributed by atoms with Crippen LogP contribution < -0.4 is 5.73 Å². The summed E-state index contributed by atoms with van der Waals surface area (Å²) < 4.78 is 11.5. The topological polar surface area (TPSA) is 64.8 Å². The highest BCUT2D eigenvalue weighted by molar-refractivity contribution is 5.73. The minimum atomic E-state index is -0.239. The van der Waals surface area contributed by atoms with Gasteiger partial charge in [0.2, 0.25) is 5.91 Å². The number of ether oxygens (including phenoxy) is 2. The van der Waals surface area contributed by atoms with Gasteiger partial charge in [-0.15, -0.1) is 0 Å². The molecule has 0 unspecified atom stereocenters. The van der Waals surface area contributed by atoms with Crippen molar-refractivity contribution in [1.29, 1.82) is 0 Å². The predicted octanol–water partition coefficient (Wildman–Crippen LogP) is 0.132. The second-order valence-electron chi connectivity index (χ2n) is 5.01. The number of hydrogen-bond donors (Lipinski definition) is 1. The lowest BCUT2D eigenvalue weighted by molar-refractivity contribution is -0.143. The molecule has 0 aromatic heterocycles. The summed E-state index contributed by atoms with van der Waals surface area (Å²) in [4.78, 5) is 13.0. The van der Waals surface area contributed by atoms with Gasteiger partial charge in [-0.25, -0.2) is 0 Å². The molecule has 0 aromatic carbocycles. The summed E-state index contributed by atoms with van der Waals surface area (Å²) in [5.41, 5.74) is 5.10. The smallest absolute Gasteiger partial charge is 0.218 e. The van der Waals surface area contributed by atoms with Crippen LogP contribution in [0, 0.1) is 0 Å². The maximum absolute atomic E-state index is 10.8. The number of carbonyl (C=O) groups is 1. The van der Waals surface area contributed by atoms with Crippen molar-refractivity contribution in [2.45, 2.75) is 37.4 Å². The van der Waals surface area contributed by atoms with Crippen molar-refractivity contribution in [3.63, 3.8) is 0 Å². The average Bonchev–Trinajstić information content (AvgIpc) is 2.77. The Balaban J connectivity index is 1.90. The molecule has 2 aliphatic rings. The first-order valence-electron chi connectivity index (χ1n) is 6.34. The highest BCUT2D eigenvalue weighted by Gasteiger charge is 2.46. The van der Waals surface area contributed by atoms with E-state index in [1.807, 2.05) is 0 Å². The van der Waals surface area contributed by atoms with Gasteiger partial charge in [-0.1, -0.05) is 0 Å². The number of rotatable bonds is 4. The molecular weight excluding hydrogens is 220 g/mol. The number of nitrogens with two attached hydrogens (primary N) is 1. The quantitative estimate of drug-likeness (QED) is 0.761. The first kappa shape index (κ1) is 12.8. The molecule has 0 bridgehead atoms. The van der Waals surface area contributed by atoms with Gasteiger partial charge < -0.3 is 20.1 Å². The number of methoxy groups -OCH3 is 1. The largest absolute Gasteiger partial charge is 0.377 e. The van der Waals surface area contributed by atoms with Gasteiger partial charge in [0.15, 0.2) is 0 Å². The molecule has 0 saturated carbocycles. The van der Waals surface area contributed by atoms with E-state index < -0.39 is 0 Å². The summed E-state index contributed by atoms with van der Waals surface area (Å²) in [6.45, 7) is 3.38. The second kappa shape index (κ2) is 5.33. The van der Waals surface area contributed by atoms with Crippen LogP contribution in [0.25, 0.3) is 0 Å². The maximum Gasteiger partial charge on any atom is 0.218 e. The van der Waals surface area contributed by atoms with E-state index in [1.165, 1.54) is 0 Å². The molecule has 0 aromatic rings. The highest BCUT2D eigenvalue weighted by atomic mass is 16.5. The van der Waals surface area contributed by atoms with Crippen molar-refractivity contribution in [3.8, 4) is 0 Å². The lowest BCUT2D eigenvalue weighted by atomic mass is 9.86. The van der Waals surface area contributed by atoms with E-state index in [2.05, 4.69) is 4.90 Å². The summed E-state index contributed by atoms with van der Waals surface area (Å²) in [6, 6.07) is 0. The third kappa shape index (κ3) is 2.78. The highest BCUT2D eigenvalue weighted by Crippen LogP contribution is 2.37. The van der Waals surface area contributed by atoms with Gasteiger partial charge >= 0.3 is 0 Å². The summed E-state index contributed by atoms with van der Waals surface area (Å²) >= 11 is 0. The lowest BCUT2D eigenvalue weighted by Crippen LogP contribution is -2.56. The zero-order valence-corrected chi connectivity index (χ0v) is 10.5. The Labute approximate surface area is 102 Å². The van der Waals surface area contributed by atoms with E-state index >= 15 is 0 Å². The molecule has 2 saturated heterocycles. The molecule has 2 N–H and O–H groups in total. The normalized spacial score (nSPS) is 34.3. The van der Waals surface area contributed by atoms with Gasteiger partial charge in [0.1, 0.15) is 0 Å². The Morgan fingerprint density at radius 1 is 1.59 bits per heavy atom. The number of piperidine rings is 1. The fourth-order valence-electron chi connectivity index (χ4n) is 2.93. The fourth-order valence-corrected chi connectivity index (χ4v) is 2.93. The third-order valence-electron chi connectivity index (χ3n) is 3.95. The van der Waals surface area contributed by atoms with Gasteiger partial charge in [-0.3, -0.25) is 4.79 Å². The van der Waals surface area contributed by atoms with Crippen LogP contribution in [-0.4, -0.2) is 55.9 Å². The van der Waals surface area contributed by atoms with Crippen molar-refractivity contribution >= 4 is 5.91 Å². The zero-order valence-electron chi connectivity index (χ0n) is 10.5. The maximum atomic E-state index is 10.8. The fraction of sp³-hybridized carbons (Fsp3) is 0.917. The van der Waals surface area contributed by atoms with Gasteiger partial charge in [-0.05, 0) is 19.3 Å². The molecule has 0 aliphatic carbocycles. The molecule has 17 heavy (non-hydrogen) atoms. The first-order chi connectivity index (χ1) is 8.16. The van der Waals surface area contributed by atoms with Crippen LogP contribution in [0.15, 0.2) is 0 Å². The van der Waals surface area contributed by atoms with Crippen LogP contribution in [0.2, 0.25) is 0 Å². The van der Waals surface area contributed by atoms with Gasteiger partial charge in [-0.2, -0.15) is 0 Å². The molecule has 2 atom stereocenters. The minimum Gasteiger partial charge on any atom is -0.377 e. The van der Waals surface area contributed by atoms with Crippen molar-refractivity contribution in [1.82, 2.24) is 4.90 Å². The molecule has 2 rings (SSSR count).